The first-order valence-corrected chi connectivity index (χ1v) is 10.2. The van der Waals surface area contributed by atoms with E-state index in [1.165, 1.54) is 24.0 Å². The van der Waals surface area contributed by atoms with Gasteiger partial charge in [-0.3, -0.25) is 4.79 Å². The number of pyridine rings is 2. The molecular formula is C20H15BrF3N3O2S. The van der Waals surface area contributed by atoms with Crippen LogP contribution in [0, 0.1) is 0 Å². The van der Waals surface area contributed by atoms with Crippen molar-refractivity contribution in [2.75, 3.05) is 6.61 Å². The monoisotopic (exact) mass is 497 g/mol. The van der Waals surface area contributed by atoms with Crippen molar-refractivity contribution >= 4 is 33.6 Å². The molecule has 0 spiro atoms. The van der Waals surface area contributed by atoms with Crippen LogP contribution in [-0.4, -0.2) is 28.7 Å². The minimum Gasteiger partial charge on any atom is -0.468 e. The van der Waals surface area contributed by atoms with Crippen LogP contribution in [0.15, 0.2) is 75.3 Å². The van der Waals surface area contributed by atoms with Gasteiger partial charge in [-0.1, -0.05) is 23.9 Å². The van der Waals surface area contributed by atoms with Crippen molar-refractivity contribution in [1.29, 1.82) is 0 Å². The van der Waals surface area contributed by atoms with Gasteiger partial charge in [-0.15, -0.1) is 0 Å². The van der Waals surface area contributed by atoms with Gasteiger partial charge in [0.1, 0.15) is 5.03 Å². The van der Waals surface area contributed by atoms with Crippen molar-refractivity contribution in [2.45, 2.75) is 22.6 Å². The first-order valence-electron chi connectivity index (χ1n) is 8.61. The molecule has 1 aromatic carbocycles. The maximum Gasteiger partial charge on any atom is 0.422 e. The molecule has 0 fully saturated rings. The Morgan fingerprint density at radius 1 is 1.13 bits per heavy atom. The van der Waals surface area contributed by atoms with Gasteiger partial charge in [0, 0.05) is 34.4 Å². The zero-order valence-corrected chi connectivity index (χ0v) is 17.7. The maximum atomic E-state index is 12.7. The van der Waals surface area contributed by atoms with E-state index in [1.54, 1.807) is 24.4 Å². The molecule has 0 radical (unpaired) electrons. The molecule has 0 saturated heterocycles. The highest BCUT2D eigenvalue weighted by Crippen LogP contribution is 2.29. The number of alkyl halides is 3. The zero-order chi connectivity index (χ0) is 21.6. The van der Waals surface area contributed by atoms with E-state index in [-0.39, 0.29) is 18.3 Å². The fourth-order valence-corrected chi connectivity index (χ4v) is 3.47. The van der Waals surface area contributed by atoms with Gasteiger partial charge in [-0.05, 0) is 51.8 Å². The highest BCUT2D eigenvalue weighted by Gasteiger charge is 2.28. The number of nitrogens with one attached hydrogen (secondary N) is 1. The van der Waals surface area contributed by atoms with Crippen LogP contribution in [0.4, 0.5) is 13.2 Å². The summed E-state index contributed by atoms with van der Waals surface area (Å²) in [6.45, 7) is -1.32. The Bertz CT molecular complexity index is 1020. The summed E-state index contributed by atoms with van der Waals surface area (Å²) in [7, 11) is 0. The van der Waals surface area contributed by atoms with Crippen molar-refractivity contribution in [3.63, 3.8) is 0 Å². The van der Waals surface area contributed by atoms with Gasteiger partial charge in [0.25, 0.3) is 5.91 Å². The molecule has 10 heteroatoms. The molecule has 3 aromatic rings. The third-order valence-electron chi connectivity index (χ3n) is 3.68. The Labute approximate surface area is 183 Å². The number of hydrogen-bond donors (Lipinski definition) is 1. The molecule has 1 amide bonds. The maximum absolute atomic E-state index is 12.7. The first-order chi connectivity index (χ1) is 14.3. The van der Waals surface area contributed by atoms with Gasteiger partial charge in [0.15, 0.2) is 6.61 Å². The molecule has 0 bridgehead atoms. The van der Waals surface area contributed by atoms with Crippen LogP contribution in [0.5, 0.6) is 5.88 Å². The summed E-state index contributed by atoms with van der Waals surface area (Å²) >= 11 is 4.69. The number of hydrogen-bond acceptors (Lipinski definition) is 5. The van der Waals surface area contributed by atoms with Crippen molar-refractivity contribution in [3.8, 4) is 5.88 Å². The number of amides is 1. The molecule has 0 aliphatic heterocycles. The van der Waals surface area contributed by atoms with Gasteiger partial charge >= 0.3 is 6.18 Å². The quantitative estimate of drug-likeness (QED) is 0.482. The summed E-state index contributed by atoms with van der Waals surface area (Å²) in [5, 5.41) is 3.50. The van der Waals surface area contributed by atoms with E-state index < -0.39 is 12.8 Å². The summed E-state index contributed by atoms with van der Waals surface area (Å²) < 4.78 is 42.3. The fourth-order valence-electron chi connectivity index (χ4n) is 2.35. The van der Waals surface area contributed by atoms with Crippen LogP contribution in [0.2, 0.25) is 0 Å². The Balaban J connectivity index is 1.65. The third-order valence-corrected chi connectivity index (χ3v) is 5.18. The van der Waals surface area contributed by atoms with Crippen LogP contribution >= 0.6 is 27.7 Å². The number of benzene rings is 1. The molecule has 0 atom stereocenters. The van der Waals surface area contributed by atoms with Gasteiger partial charge in [0.2, 0.25) is 5.88 Å². The van der Waals surface area contributed by atoms with Crippen molar-refractivity contribution in [1.82, 2.24) is 15.3 Å². The average Bonchev–Trinajstić information content (AvgIpc) is 2.72. The van der Waals surface area contributed by atoms with Crippen molar-refractivity contribution < 1.29 is 22.7 Å². The van der Waals surface area contributed by atoms with Crippen LogP contribution in [0.25, 0.3) is 0 Å². The summed E-state index contributed by atoms with van der Waals surface area (Å²) in [6.07, 6.45) is -1.44. The number of carbonyl (C=O) groups is 1. The van der Waals surface area contributed by atoms with E-state index >= 15 is 0 Å². The van der Waals surface area contributed by atoms with Gasteiger partial charge in [0.05, 0.1) is 5.56 Å². The molecule has 2 aromatic heterocycles. The summed E-state index contributed by atoms with van der Waals surface area (Å²) in [6, 6.07) is 13.7. The minimum atomic E-state index is -4.45. The van der Waals surface area contributed by atoms with E-state index in [4.69, 9.17) is 0 Å². The number of aromatic nitrogens is 2. The Hall–Kier alpha value is -2.59. The first kappa shape index (κ1) is 22.1. The Morgan fingerprint density at radius 2 is 1.93 bits per heavy atom. The van der Waals surface area contributed by atoms with E-state index in [0.717, 1.165) is 14.4 Å². The normalized spacial score (nSPS) is 11.2. The van der Waals surface area contributed by atoms with Crippen LogP contribution < -0.4 is 10.1 Å². The van der Waals surface area contributed by atoms with Gasteiger partial charge in [-0.25, -0.2) is 9.97 Å². The number of nitrogens with zero attached hydrogens (tertiary/aromatic N) is 2. The van der Waals surface area contributed by atoms with E-state index in [1.807, 2.05) is 24.3 Å². The lowest BCUT2D eigenvalue weighted by molar-refractivity contribution is -0.154. The average molecular weight is 498 g/mol. The Morgan fingerprint density at radius 3 is 2.67 bits per heavy atom. The predicted octanol–water partition coefficient (Wildman–Crippen LogP) is 5.26. The fraction of sp³-hybridized carbons (Fsp3) is 0.150. The van der Waals surface area contributed by atoms with Gasteiger partial charge in [-0.2, -0.15) is 13.2 Å². The molecule has 0 unspecified atom stereocenters. The van der Waals surface area contributed by atoms with E-state index in [9.17, 15) is 18.0 Å². The van der Waals surface area contributed by atoms with Crippen LogP contribution in [0.3, 0.4) is 0 Å². The summed E-state index contributed by atoms with van der Waals surface area (Å²) in [4.78, 5) is 21.4. The molecular weight excluding hydrogens is 483 g/mol. The van der Waals surface area contributed by atoms with Crippen LogP contribution in [-0.2, 0) is 6.54 Å². The van der Waals surface area contributed by atoms with Crippen LogP contribution in [0.1, 0.15) is 15.9 Å². The molecule has 0 saturated carbocycles. The second kappa shape index (κ2) is 9.94. The topological polar surface area (TPSA) is 64.1 Å². The molecule has 5 nitrogen and oxygen atoms in total. The lowest BCUT2D eigenvalue weighted by atomic mass is 10.2. The number of halogens is 4. The smallest absolute Gasteiger partial charge is 0.422 e. The van der Waals surface area contributed by atoms with E-state index in [2.05, 4.69) is 36.0 Å². The highest BCUT2D eigenvalue weighted by molar-refractivity contribution is 9.10. The third kappa shape index (κ3) is 6.74. The molecule has 2 heterocycles. The van der Waals surface area contributed by atoms with Gasteiger partial charge < -0.3 is 10.1 Å². The second-order valence-corrected chi connectivity index (χ2v) is 7.98. The lowest BCUT2D eigenvalue weighted by Crippen LogP contribution is -2.23. The largest absolute Gasteiger partial charge is 0.468 e. The lowest BCUT2D eigenvalue weighted by Gasteiger charge is -2.11. The highest BCUT2D eigenvalue weighted by atomic mass is 79.9. The van der Waals surface area contributed by atoms with E-state index in [0.29, 0.717) is 11.1 Å². The molecule has 1 N–H and O–H groups in total. The number of ether oxygens (including phenoxy) is 1. The summed E-state index contributed by atoms with van der Waals surface area (Å²) in [5.74, 6) is -0.471. The predicted molar refractivity (Wildman–Crippen MR) is 109 cm³/mol. The molecule has 156 valence electrons. The Kier molecular flexibility index (Phi) is 7.33. The number of rotatable bonds is 7. The summed E-state index contributed by atoms with van der Waals surface area (Å²) in [5.41, 5.74) is 1.03. The molecule has 3 rings (SSSR count). The minimum absolute atomic E-state index is 0.110. The van der Waals surface area contributed by atoms with Crippen molar-refractivity contribution in [3.05, 3.63) is 76.5 Å². The molecule has 30 heavy (non-hydrogen) atoms. The second-order valence-electron chi connectivity index (χ2n) is 6.00. The zero-order valence-electron chi connectivity index (χ0n) is 15.3. The number of carbonyl (C=O) groups excluding carboxylic acids is 1. The van der Waals surface area contributed by atoms with Crippen molar-refractivity contribution in [2.24, 2.45) is 0 Å². The SMILES string of the molecule is O=C(NCc1ccnc(OCC(F)(F)F)c1)c1ccccc1Sc1ccc(Br)cn1. The molecule has 0 aliphatic rings. The standard InChI is InChI=1S/C20H15BrF3N3O2S/c21-14-5-6-18(26-11-14)30-16-4-2-1-3-15(16)19(28)27-10-13-7-8-25-17(9-13)29-12-20(22,23)24/h1-9,11H,10,12H2,(H,27,28). The molecule has 0 aliphatic carbocycles.